The van der Waals surface area contributed by atoms with Crippen LogP contribution in [0.2, 0.25) is 0 Å². The molecule has 8 nitrogen and oxygen atoms in total. The predicted octanol–water partition coefficient (Wildman–Crippen LogP) is 0.653. The molecule has 2 aliphatic heterocycles. The van der Waals surface area contributed by atoms with E-state index in [1.165, 1.54) is 14.0 Å². The maximum Gasteiger partial charge on any atom is 0.302 e. The number of aliphatic hydroxyl groups excluding tert-OH is 2. The number of carbonyl (C=O) groups excluding carboxylic acids is 2. The van der Waals surface area contributed by atoms with Crippen molar-refractivity contribution in [1.29, 1.82) is 0 Å². The molecular weight excluding hydrogens is 404 g/mol. The Balaban J connectivity index is 1.74. The SMILES string of the molecule is COC[C@H]1C(=O)[C@]23[C@H](O)[C@H]1CC[C@H]2[C@@]12COC3(O)[C@@H](O)[C@@H]1C(C)(C)CC[C@@H]2OC(C)=O. The maximum absolute atomic E-state index is 13.9. The quantitative estimate of drug-likeness (QED) is 0.549. The second-order valence-electron chi connectivity index (χ2n) is 11.2. The number of ether oxygens (including phenoxy) is 3. The van der Waals surface area contributed by atoms with Crippen molar-refractivity contribution >= 4 is 11.8 Å². The van der Waals surface area contributed by atoms with Gasteiger partial charge in [0.25, 0.3) is 0 Å². The molecule has 0 amide bonds. The van der Waals surface area contributed by atoms with E-state index in [1.54, 1.807) is 0 Å². The van der Waals surface area contributed by atoms with Crippen molar-refractivity contribution in [3.05, 3.63) is 0 Å². The van der Waals surface area contributed by atoms with Crippen molar-refractivity contribution in [3.8, 4) is 0 Å². The lowest BCUT2D eigenvalue weighted by molar-refractivity contribution is -0.458. The van der Waals surface area contributed by atoms with Crippen molar-refractivity contribution in [2.75, 3.05) is 20.3 Å². The molecule has 0 aromatic heterocycles. The largest absolute Gasteiger partial charge is 0.462 e. The minimum atomic E-state index is -2.18. The van der Waals surface area contributed by atoms with Gasteiger partial charge in [-0.3, -0.25) is 9.59 Å². The zero-order valence-electron chi connectivity index (χ0n) is 18.7. The lowest BCUT2D eigenvalue weighted by Gasteiger charge is -2.74. The van der Waals surface area contributed by atoms with E-state index >= 15 is 0 Å². The lowest BCUT2D eigenvalue weighted by Crippen LogP contribution is -2.85. The summed E-state index contributed by atoms with van der Waals surface area (Å²) in [4.78, 5) is 26.0. The molecule has 2 saturated heterocycles. The van der Waals surface area contributed by atoms with E-state index in [2.05, 4.69) is 13.8 Å². The molecule has 31 heavy (non-hydrogen) atoms. The molecule has 10 atom stereocenters. The summed E-state index contributed by atoms with van der Waals surface area (Å²) in [5.74, 6) is -4.72. The van der Waals surface area contributed by atoms with Crippen LogP contribution in [0.3, 0.4) is 0 Å². The summed E-state index contributed by atoms with van der Waals surface area (Å²) in [6.45, 7) is 5.70. The number of Topliss-reactive ketones (excluding diaryl/α,β-unsaturated/α-hetero) is 1. The van der Waals surface area contributed by atoms with Gasteiger partial charge < -0.3 is 29.5 Å². The number of methoxy groups -OCH3 is 1. The minimum absolute atomic E-state index is 0.0820. The first-order chi connectivity index (χ1) is 14.5. The van der Waals surface area contributed by atoms with Crippen LogP contribution in [0.1, 0.15) is 46.5 Å². The molecule has 2 spiro atoms. The van der Waals surface area contributed by atoms with E-state index in [1.807, 2.05) is 0 Å². The number of hydrogen-bond donors (Lipinski definition) is 3. The normalized spacial score (nSPS) is 54.3. The fourth-order valence-corrected chi connectivity index (χ4v) is 8.82. The van der Waals surface area contributed by atoms with Crippen LogP contribution in [0.25, 0.3) is 0 Å². The molecule has 174 valence electrons. The minimum Gasteiger partial charge on any atom is -0.462 e. The summed E-state index contributed by atoms with van der Waals surface area (Å²) in [6.07, 6.45) is -0.598. The zero-order valence-corrected chi connectivity index (χ0v) is 18.7. The number of carbonyl (C=O) groups is 2. The monoisotopic (exact) mass is 438 g/mol. The van der Waals surface area contributed by atoms with Crippen LogP contribution >= 0.6 is 0 Å². The van der Waals surface area contributed by atoms with Gasteiger partial charge in [-0.1, -0.05) is 13.8 Å². The molecule has 4 aliphatic carbocycles. The molecular formula is C23H34O8. The van der Waals surface area contributed by atoms with Crippen molar-refractivity contribution in [2.45, 2.75) is 70.6 Å². The van der Waals surface area contributed by atoms with E-state index in [-0.39, 0.29) is 30.3 Å². The highest BCUT2D eigenvalue weighted by Gasteiger charge is 2.87. The first-order valence-electron chi connectivity index (χ1n) is 11.4. The average molecular weight is 439 g/mol. The molecule has 0 radical (unpaired) electrons. The number of aliphatic hydroxyl groups is 3. The lowest BCUT2D eigenvalue weighted by atomic mass is 9.35. The Kier molecular flexibility index (Phi) is 4.57. The van der Waals surface area contributed by atoms with Crippen LogP contribution in [-0.2, 0) is 23.8 Å². The third-order valence-electron chi connectivity index (χ3n) is 9.70. The number of hydrogen-bond acceptors (Lipinski definition) is 8. The van der Waals surface area contributed by atoms with Crippen LogP contribution in [0.15, 0.2) is 0 Å². The molecule has 6 aliphatic rings. The van der Waals surface area contributed by atoms with Gasteiger partial charge in [0, 0.05) is 31.3 Å². The van der Waals surface area contributed by atoms with Gasteiger partial charge in [0.05, 0.1) is 19.3 Å². The molecule has 6 fully saturated rings. The fourth-order valence-electron chi connectivity index (χ4n) is 8.82. The first-order valence-corrected chi connectivity index (χ1v) is 11.4. The standard InChI is InChI=1S/C23H34O8/c1-11(24)31-15-7-8-20(2,3)16-19(27)23(28)22-14(21(15,16)10-30-23)6-5-12(17(22)25)13(9-29-4)18(22)26/h12-17,19,25,27-28H,5-10H2,1-4H3/t12-,13+,14-,15-,16+,17+,19-,21+,22+,23?/m0/s1. The van der Waals surface area contributed by atoms with E-state index in [9.17, 15) is 24.9 Å². The highest BCUT2D eigenvalue weighted by molar-refractivity contribution is 5.93. The molecule has 2 heterocycles. The second kappa shape index (κ2) is 6.50. The maximum atomic E-state index is 13.9. The Morgan fingerprint density at radius 2 is 1.90 bits per heavy atom. The predicted molar refractivity (Wildman–Crippen MR) is 106 cm³/mol. The van der Waals surface area contributed by atoms with Crippen LogP contribution in [0, 0.1) is 39.9 Å². The molecule has 3 N–H and O–H groups in total. The number of fused-ring (bicyclic) bond motifs is 2. The Hall–Kier alpha value is -1.06. The van der Waals surface area contributed by atoms with Crippen molar-refractivity contribution in [1.82, 2.24) is 0 Å². The van der Waals surface area contributed by atoms with E-state index in [0.717, 1.165) is 0 Å². The summed E-state index contributed by atoms with van der Waals surface area (Å²) in [5, 5.41) is 35.1. The molecule has 1 unspecified atom stereocenters. The van der Waals surface area contributed by atoms with Gasteiger partial charge in [-0.2, -0.15) is 0 Å². The van der Waals surface area contributed by atoms with E-state index in [4.69, 9.17) is 14.2 Å². The Morgan fingerprint density at radius 1 is 1.19 bits per heavy atom. The highest BCUT2D eigenvalue weighted by atomic mass is 16.6. The number of ketones is 1. The summed E-state index contributed by atoms with van der Waals surface area (Å²) < 4.78 is 17.1. The van der Waals surface area contributed by atoms with E-state index in [0.29, 0.717) is 25.7 Å². The zero-order chi connectivity index (χ0) is 22.6. The van der Waals surface area contributed by atoms with Crippen LogP contribution < -0.4 is 0 Å². The van der Waals surface area contributed by atoms with Crippen LogP contribution in [0.5, 0.6) is 0 Å². The Labute approximate surface area is 182 Å². The molecule has 4 saturated carbocycles. The van der Waals surface area contributed by atoms with Gasteiger partial charge in [0.15, 0.2) is 5.78 Å². The van der Waals surface area contributed by atoms with E-state index < -0.39 is 58.7 Å². The summed E-state index contributed by atoms with van der Waals surface area (Å²) in [5.41, 5.74) is -2.88. The summed E-state index contributed by atoms with van der Waals surface area (Å²) in [6, 6.07) is 0. The number of esters is 1. The molecule has 6 rings (SSSR count). The van der Waals surface area contributed by atoms with Gasteiger partial charge >= 0.3 is 5.97 Å². The van der Waals surface area contributed by atoms with Crippen molar-refractivity contribution < 1.29 is 39.1 Å². The summed E-state index contributed by atoms with van der Waals surface area (Å²) >= 11 is 0. The highest BCUT2D eigenvalue weighted by Crippen LogP contribution is 2.76. The molecule has 0 aromatic carbocycles. The first kappa shape index (κ1) is 21.8. The fraction of sp³-hybridized carbons (Fsp3) is 0.913. The molecule has 8 heteroatoms. The third-order valence-corrected chi connectivity index (χ3v) is 9.70. The Bertz CT molecular complexity index is 811. The van der Waals surface area contributed by atoms with Crippen LogP contribution in [-0.4, -0.2) is 71.5 Å². The van der Waals surface area contributed by atoms with Gasteiger partial charge in [-0.25, -0.2) is 0 Å². The smallest absolute Gasteiger partial charge is 0.302 e. The van der Waals surface area contributed by atoms with Gasteiger partial charge in [-0.15, -0.1) is 0 Å². The summed E-state index contributed by atoms with van der Waals surface area (Å²) in [7, 11) is 1.51. The molecule has 0 aromatic rings. The third kappa shape index (κ3) is 2.24. The van der Waals surface area contributed by atoms with Crippen LogP contribution in [0.4, 0.5) is 0 Å². The van der Waals surface area contributed by atoms with Gasteiger partial charge in [0.1, 0.15) is 17.6 Å². The molecule has 4 bridgehead atoms. The van der Waals surface area contributed by atoms with Crippen molar-refractivity contribution in [2.24, 2.45) is 39.9 Å². The Morgan fingerprint density at radius 3 is 2.55 bits per heavy atom. The topological polar surface area (TPSA) is 123 Å². The average Bonchev–Trinajstić information content (AvgIpc) is 2.81. The van der Waals surface area contributed by atoms with Gasteiger partial charge in [0.2, 0.25) is 5.79 Å². The van der Waals surface area contributed by atoms with Gasteiger partial charge in [-0.05, 0) is 42.9 Å². The van der Waals surface area contributed by atoms with Crippen molar-refractivity contribution in [3.63, 3.8) is 0 Å². The number of rotatable bonds is 3. The second-order valence-corrected chi connectivity index (χ2v) is 11.2.